The predicted molar refractivity (Wildman–Crippen MR) is 96.8 cm³/mol. The minimum absolute atomic E-state index is 0.691. The molecule has 0 spiro atoms. The molecule has 3 nitrogen and oxygen atoms in total. The summed E-state index contributed by atoms with van der Waals surface area (Å²) < 4.78 is 12.6. The number of likely N-dealkylation sites (N-methyl/N-ethyl adjacent to an activating group) is 1. The normalized spacial score (nSPS) is 11.3. The molecule has 0 N–H and O–H groups in total. The third-order valence-electron chi connectivity index (χ3n) is 3.37. The van der Waals surface area contributed by atoms with E-state index >= 15 is 0 Å². The Labute approximate surface area is 142 Å². The number of hydrogen-bond donors (Lipinski definition) is 0. The van der Waals surface area contributed by atoms with E-state index in [2.05, 4.69) is 49.5 Å². The van der Waals surface area contributed by atoms with E-state index in [0.29, 0.717) is 6.61 Å². The third kappa shape index (κ3) is 3.48. The Morgan fingerprint density at radius 2 is 1.91 bits per heavy atom. The number of ether oxygens (including phenoxy) is 1. The lowest BCUT2D eigenvalue weighted by Gasteiger charge is -2.10. The van der Waals surface area contributed by atoms with Crippen LogP contribution in [0.2, 0.25) is 0 Å². The summed E-state index contributed by atoms with van der Waals surface area (Å²) in [7, 11) is 4.08. The van der Waals surface area contributed by atoms with Crippen LogP contribution in [0, 0.1) is 0 Å². The Bertz CT molecular complexity index is 768. The fraction of sp³-hybridized carbons (Fsp3) is 0.235. The zero-order valence-corrected chi connectivity index (χ0v) is 14.9. The summed E-state index contributed by atoms with van der Waals surface area (Å²) in [6.07, 6.45) is 0. The van der Waals surface area contributed by atoms with Crippen LogP contribution >= 0.6 is 27.5 Å². The van der Waals surface area contributed by atoms with Gasteiger partial charge in [-0.05, 0) is 56.0 Å². The lowest BCUT2D eigenvalue weighted by atomic mass is 10.1. The van der Waals surface area contributed by atoms with Crippen LogP contribution in [-0.2, 0) is 0 Å². The molecule has 0 aliphatic heterocycles. The van der Waals surface area contributed by atoms with Crippen molar-refractivity contribution in [2.24, 2.45) is 0 Å². The van der Waals surface area contributed by atoms with Gasteiger partial charge in [-0.15, -0.1) is 0 Å². The molecule has 1 heterocycles. The fourth-order valence-electron chi connectivity index (χ4n) is 2.17. The third-order valence-corrected chi connectivity index (χ3v) is 4.71. The van der Waals surface area contributed by atoms with Crippen molar-refractivity contribution in [1.82, 2.24) is 9.27 Å². The topological polar surface area (TPSA) is 25.4 Å². The van der Waals surface area contributed by atoms with E-state index in [4.69, 9.17) is 4.74 Å². The number of aromatic nitrogens is 1. The van der Waals surface area contributed by atoms with Gasteiger partial charge in [0.2, 0.25) is 0 Å². The SMILES string of the molecule is CN(C)CCOc1ccc2c(-c3ccc(Br)cc3)nsc2c1. The van der Waals surface area contributed by atoms with Gasteiger partial charge in [0.15, 0.2) is 0 Å². The number of hydrogen-bond acceptors (Lipinski definition) is 4. The summed E-state index contributed by atoms with van der Waals surface area (Å²) in [5.41, 5.74) is 2.17. The average molecular weight is 377 g/mol. The number of halogens is 1. The Morgan fingerprint density at radius 1 is 1.14 bits per heavy atom. The van der Waals surface area contributed by atoms with Crippen molar-refractivity contribution in [3.63, 3.8) is 0 Å². The van der Waals surface area contributed by atoms with Crippen LogP contribution in [0.25, 0.3) is 21.3 Å². The van der Waals surface area contributed by atoms with E-state index in [0.717, 1.165) is 32.7 Å². The van der Waals surface area contributed by atoms with E-state index in [1.54, 1.807) is 0 Å². The van der Waals surface area contributed by atoms with E-state index in [1.807, 2.05) is 32.3 Å². The van der Waals surface area contributed by atoms with Gasteiger partial charge >= 0.3 is 0 Å². The Morgan fingerprint density at radius 3 is 2.64 bits per heavy atom. The van der Waals surface area contributed by atoms with Gasteiger partial charge in [0.1, 0.15) is 12.4 Å². The predicted octanol–water partition coefficient (Wildman–Crippen LogP) is 4.67. The van der Waals surface area contributed by atoms with E-state index < -0.39 is 0 Å². The molecule has 1 aromatic heterocycles. The molecule has 0 aliphatic carbocycles. The first-order valence-corrected chi connectivity index (χ1v) is 8.63. The van der Waals surface area contributed by atoms with Crippen molar-refractivity contribution in [1.29, 1.82) is 0 Å². The lowest BCUT2D eigenvalue weighted by molar-refractivity contribution is 0.261. The molecular formula is C17H17BrN2OS. The molecule has 114 valence electrons. The van der Waals surface area contributed by atoms with Crippen LogP contribution in [0.15, 0.2) is 46.9 Å². The minimum atomic E-state index is 0.691. The molecular weight excluding hydrogens is 360 g/mol. The molecule has 3 aromatic rings. The smallest absolute Gasteiger partial charge is 0.120 e. The zero-order chi connectivity index (χ0) is 15.5. The van der Waals surface area contributed by atoms with Crippen molar-refractivity contribution in [3.05, 3.63) is 46.9 Å². The quantitative estimate of drug-likeness (QED) is 0.646. The molecule has 0 fully saturated rings. The molecule has 0 aliphatic rings. The Hall–Kier alpha value is -1.43. The molecule has 0 unspecified atom stereocenters. The average Bonchev–Trinajstić information content (AvgIpc) is 2.91. The molecule has 22 heavy (non-hydrogen) atoms. The molecule has 0 atom stereocenters. The summed E-state index contributed by atoms with van der Waals surface area (Å²) >= 11 is 4.98. The number of benzene rings is 2. The molecule has 3 rings (SSSR count). The van der Waals surface area contributed by atoms with Gasteiger partial charge in [0, 0.05) is 22.0 Å². The number of fused-ring (bicyclic) bond motifs is 1. The largest absolute Gasteiger partial charge is 0.492 e. The fourth-order valence-corrected chi connectivity index (χ4v) is 3.26. The maximum absolute atomic E-state index is 5.79. The summed E-state index contributed by atoms with van der Waals surface area (Å²) in [6, 6.07) is 14.4. The Balaban J connectivity index is 1.84. The first-order chi connectivity index (χ1) is 10.6. The maximum Gasteiger partial charge on any atom is 0.120 e. The zero-order valence-electron chi connectivity index (χ0n) is 12.5. The molecule has 5 heteroatoms. The summed E-state index contributed by atoms with van der Waals surface area (Å²) in [5, 5.41) is 1.17. The molecule has 0 saturated carbocycles. The van der Waals surface area contributed by atoms with Crippen LogP contribution < -0.4 is 4.74 Å². The van der Waals surface area contributed by atoms with Crippen LogP contribution in [0.1, 0.15) is 0 Å². The van der Waals surface area contributed by atoms with Gasteiger partial charge in [-0.2, -0.15) is 4.37 Å². The lowest BCUT2D eigenvalue weighted by Crippen LogP contribution is -2.19. The van der Waals surface area contributed by atoms with Crippen LogP contribution in [0.3, 0.4) is 0 Å². The number of nitrogens with zero attached hydrogens (tertiary/aromatic N) is 2. The van der Waals surface area contributed by atoms with Gasteiger partial charge in [-0.1, -0.05) is 28.1 Å². The minimum Gasteiger partial charge on any atom is -0.492 e. The Kier molecular flexibility index (Phi) is 4.76. The van der Waals surface area contributed by atoms with Crippen molar-refractivity contribution in [3.8, 4) is 17.0 Å². The highest BCUT2D eigenvalue weighted by molar-refractivity contribution is 9.10. The number of rotatable bonds is 5. The van der Waals surface area contributed by atoms with E-state index in [-0.39, 0.29) is 0 Å². The first kappa shape index (κ1) is 15.5. The first-order valence-electron chi connectivity index (χ1n) is 7.06. The van der Waals surface area contributed by atoms with Gasteiger partial charge in [-0.25, -0.2) is 0 Å². The van der Waals surface area contributed by atoms with Crippen LogP contribution in [-0.4, -0.2) is 36.5 Å². The van der Waals surface area contributed by atoms with Crippen molar-refractivity contribution < 1.29 is 4.74 Å². The van der Waals surface area contributed by atoms with Crippen molar-refractivity contribution in [2.45, 2.75) is 0 Å². The highest BCUT2D eigenvalue weighted by atomic mass is 79.9. The highest BCUT2D eigenvalue weighted by Gasteiger charge is 2.09. The van der Waals surface area contributed by atoms with E-state index in [9.17, 15) is 0 Å². The van der Waals surface area contributed by atoms with Crippen molar-refractivity contribution in [2.75, 3.05) is 27.2 Å². The van der Waals surface area contributed by atoms with Gasteiger partial charge in [-0.3, -0.25) is 0 Å². The molecule has 0 saturated heterocycles. The highest BCUT2D eigenvalue weighted by Crippen LogP contribution is 2.33. The van der Waals surface area contributed by atoms with Gasteiger partial charge in [0.05, 0.1) is 10.4 Å². The molecule has 0 bridgehead atoms. The van der Waals surface area contributed by atoms with Crippen LogP contribution in [0.4, 0.5) is 0 Å². The summed E-state index contributed by atoms with van der Waals surface area (Å²) in [4.78, 5) is 2.11. The second-order valence-corrected chi connectivity index (χ2v) is 7.07. The molecule has 0 radical (unpaired) electrons. The monoisotopic (exact) mass is 376 g/mol. The standard InChI is InChI=1S/C17H17BrN2OS/c1-20(2)9-10-21-14-7-8-15-16(11-14)22-19-17(15)12-3-5-13(18)6-4-12/h3-8,11H,9-10H2,1-2H3. The second kappa shape index (κ2) is 6.77. The van der Waals surface area contributed by atoms with Crippen molar-refractivity contribution >= 4 is 37.5 Å². The second-order valence-electron chi connectivity index (χ2n) is 5.35. The van der Waals surface area contributed by atoms with Gasteiger partial charge < -0.3 is 9.64 Å². The molecule has 2 aromatic carbocycles. The van der Waals surface area contributed by atoms with E-state index in [1.165, 1.54) is 16.9 Å². The van der Waals surface area contributed by atoms with Gasteiger partial charge in [0.25, 0.3) is 0 Å². The maximum atomic E-state index is 5.79. The molecule has 0 amide bonds. The summed E-state index contributed by atoms with van der Waals surface area (Å²) in [5.74, 6) is 0.903. The van der Waals surface area contributed by atoms with Crippen LogP contribution in [0.5, 0.6) is 5.75 Å². The summed E-state index contributed by atoms with van der Waals surface area (Å²) in [6.45, 7) is 1.60.